The Kier molecular flexibility index (Phi) is 9.09. The van der Waals surface area contributed by atoms with E-state index in [0.717, 1.165) is 75.3 Å². The van der Waals surface area contributed by atoms with Crippen molar-refractivity contribution in [2.45, 2.75) is 32.6 Å². The summed E-state index contributed by atoms with van der Waals surface area (Å²) in [5.74, 6) is 0.210. The lowest BCUT2D eigenvalue weighted by Gasteiger charge is -2.27. The van der Waals surface area contributed by atoms with Crippen molar-refractivity contribution in [3.63, 3.8) is 0 Å². The quantitative estimate of drug-likeness (QED) is 0.114. The maximum absolute atomic E-state index is 13.2. The van der Waals surface area contributed by atoms with Crippen LogP contribution in [0.3, 0.4) is 0 Å². The number of carbonyl (C=O) groups is 1. The summed E-state index contributed by atoms with van der Waals surface area (Å²) in [6, 6.07) is 55.0. The lowest BCUT2D eigenvalue weighted by Crippen LogP contribution is -2.10. The molecule has 2 heteroatoms. The minimum absolute atomic E-state index is 0.210. The van der Waals surface area contributed by atoms with E-state index in [-0.39, 0.29) is 5.78 Å². The van der Waals surface area contributed by atoms with Crippen molar-refractivity contribution < 1.29 is 4.79 Å². The zero-order chi connectivity index (χ0) is 30.1. The van der Waals surface area contributed by atoms with Gasteiger partial charge in [-0.3, -0.25) is 4.79 Å². The molecule has 6 aromatic rings. The summed E-state index contributed by atoms with van der Waals surface area (Å²) in [6.07, 6.45) is 3.69. The smallest absolute Gasteiger partial charge is 0.162 e. The van der Waals surface area contributed by atoms with Crippen LogP contribution in [-0.2, 0) is 0 Å². The second-order valence-electron chi connectivity index (χ2n) is 11.1. The topological polar surface area (TPSA) is 20.3 Å². The van der Waals surface area contributed by atoms with Crippen LogP contribution in [0.2, 0.25) is 0 Å². The molecule has 0 amide bonds. The van der Waals surface area contributed by atoms with Crippen LogP contribution in [0, 0.1) is 0 Å². The Morgan fingerprint density at radius 3 is 1.48 bits per heavy atom. The van der Waals surface area contributed by atoms with E-state index >= 15 is 0 Å². The molecular formula is C42H37NO. The number of hydrogen-bond acceptors (Lipinski definition) is 2. The fraction of sp³-hybridized carbons (Fsp3) is 0.119. The molecule has 6 rings (SSSR count). The van der Waals surface area contributed by atoms with Gasteiger partial charge in [0.15, 0.2) is 5.78 Å². The van der Waals surface area contributed by atoms with E-state index in [1.165, 1.54) is 0 Å². The lowest BCUT2D eigenvalue weighted by atomic mass is 9.87. The third-order valence-corrected chi connectivity index (χ3v) is 8.10. The normalized spacial score (nSPS) is 10.8. The third-order valence-electron chi connectivity index (χ3n) is 8.10. The molecule has 0 saturated carbocycles. The van der Waals surface area contributed by atoms with E-state index in [2.05, 4.69) is 157 Å². The van der Waals surface area contributed by atoms with Gasteiger partial charge in [-0.15, -0.1) is 0 Å². The number of rotatable bonds is 11. The maximum Gasteiger partial charge on any atom is 0.162 e. The van der Waals surface area contributed by atoms with Gasteiger partial charge in [0, 0.05) is 29.0 Å². The minimum atomic E-state index is 0.210. The Balaban J connectivity index is 1.53. The van der Waals surface area contributed by atoms with Crippen LogP contribution in [0.25, 0.3) is 33.4 Å². The lowest BCUT2D eigenvalue weighted by molar-refractivity contribution is 0.0979. The van der Waals surface area contributed by atoms with Crippen molar-refractivity contribution in [3.05, 3.63) is 163 Å². The van der Waals surface area contributed by atoms with Crippen LogP contribution in [0.1, 0.15) is 43.0 Å². The standard InChI is InChI=1S/C42H37NO/c1-2-3-8-25-42(44)34-26-28-38(40(30-34)32-17-9-4-10-18-32)39-29-27-37(31-41(39)33-19-11-5-12-20-33)43(35-21-13-6-14-22-35)36-23-15-7-16-24-36/h4-7,9-24,26-31H,2-3,8,25H2,1H3. The molecule has 0 aromatic heterocycles. The summed E-state index contributed by atoms with van der Waals surface area (Å²) in [5, 5.41) is 0. The summed E-state index contributed by atoms with van der Waals surface area (Å²) in [5.41, 5.74) is 10.7. The molecule has 0 aliphatic heterocycles. The predicted octanol–water partition coefficient (Wildman–Crippen LogP) is 11.9. The second-order valence-corrected chi connectivity index (χ2v) is 11.1. The molecule has 0 saturated heterocycles. The van der Waals surface area contributed by atoms with Crippen LogP contribution in [-0.4, -0.2) is 5.78 Å². The van der Waals surface area contributed by atoms with Gasteiger partial charge in [-0.2, -0.15) is 0 Å². The summed E-state index contributed by atoms with van der Waals surface area (Å²) in [4.78, 5) is 15.5. The zero-order valence-corrected chi connectivity index (χ0v) is 25.2. The molecule has 44 heavy (non-hydrogen) atoms. The van der Waals surface area contributed by atoms with Gasteiger partial charge in [0.25, 0.3) is 0 Å². The Morgan fingerprint density at radius 2 is 0.955 bits per heavy atom. The van der Waals surface area contributed by atoms with Crippen molar-refractivity contribution in [2.24, 2.45) is 0 Å². The van der Waals surface area contributed by atoms with Gasteiger partial charge in [-0.05, 0) is 82.3 Å². The highest BCUT2D eigenvalue weighted by atomic mass is 16.1. The molecule has 0 aliphatic rings. The molecule has 0 N–H and O–H groups in total. The molecule has 2 nitrogen and oxygen atoms in total. The van der Waals surface area contributed by atoms with Gasteiger partial charge < -0.3 is 4.90 Å². The van der Waals surface area contributed by atoms with Crippen molar-refractivity contribution in [1.29, 1.82) is 0 Å². The highest BCUT2D eigenvalue weighted by molar-refractivity contribution is 6.01. The van der Waals surface area contributed by atoms with Gasteiger partial charge in [0.05, 0.1) is 0 Å². The first-order valence-corrected chi connectivity index (χ1v) is 15.6. The van der Waals surface area contributed by atoms with E-state index < -0.39 is 0 Å². The van der Waals surface area contributed by atoms with Crippen molar-refractivity contribution in [2.75, 3.05) is 4.90 Å². The van der Waals surface area contributed by atoms with Crippen molar-refractivity contribution in [3.8, 4) is 33.4 Å². The minimum Gasteiger partial charge on any atom is -0.310 e. The van der Waals surface area contributed by atoms with E-state index in [1.807, 2.05) is 12.1 Å². The SMILES string of the molecule is CCCCCC(=O)c1ccc(-c2ccc(N(c3ccccc3)c3ccccc3)cc2-c2ccccc2)c(-c2ccccc2)c1. The molecule has 0 unspecified atom stereocenters. The number of ketones is 1. The van der Waals surface area contributed by atoms with Crippen molar-refractivity contribution >= 4 is 22.8 Å². The van der Waals surface area contributed by atoms with E-state index in [1.54, 1.807) is 0 Å². The van der Waals surface area contributed by atoms with Gasteiger partial charge in [-0.1, -0.05) is 135 Å². The fourth-order valence-corrected chi connectivity index (χ4v) is 5.85. The number of unbranched alkanes of at least 4 members (excludes halogenated alkanes) is 2. The van der Waals surface area contributed by atoms with Crippen LogP contribution >= 0.6 is 0 Å². The van der Waals surface area contributed by atoms with Crippen LogP contribution in [0.15, 0.2) is 158 Å². The molecular weight excluding hydrogens is 534 g/mol. The summed E-state index contributed by atoms with van der Waals surface area (Å²) in [6.45, 7) is 2.17. The Bertz CT molecular complexity index is 1770. The second kappa shape index (κ2) is 13.8. The number of Topliss-reactive ketones (excluding diaryl/α,β-unsaturated/α-hetero) is 1. The number of carbonyl (C=O) groups excluding carboxylic acids is 1. The zero-order valence-electron chi connectivity index (χ0n) is 25.2. The van der Waals surface area contributed by atoms with E-state index in [4.69, 9.17) is 0 Å². The van der Waals surface area contributed by atoms with E-state index in [0.29, 0.717) is 6.42 Å². The highest BCUT2D eigenvalue weighted by Crippen LogP contribution is 2.43. The molecule has 0 fully saturated rings. The van der Waals surface area contributed by atoms with Gasteiger partial charge in [0.1, 0.15) is 0 Å². The Morgan fingerprint density at radius 1 is 0.477 bits per heavy atom. The van der Waals surface area contributed by atoms with Gasteiger partial charge in [0.2, 0.25) is 0 Å². The highest BCUT2D eigenvalue weighted by Gasteiger charge is 2.19. The van der Waals surface area contributed by atoms with Crippen LogP contribution < -0.4 is 4.90 Å². The first kappa shape index (κ1) is 28.9. The van der Waals surface area contributed by atoms with Gasteiger partial charge in [-0.25, -0.2) is 0 Å². The number of anilines is 3. The number of para-hydroxylation sites is 2. The Labute approximate surface area is 261 Å². The molecule has 216 valence electrons. The summed E-state index contributed by atoms with van der Waals surface area (Å²) >= 11 is 0. The first-order chi connectivity index (χ1) is 21.7. The Hall–Kier alpha value is -5.21. The van der Waals surface area contributed by atoms with Crippen LogP contribution in [0.5, 0.6) is 0 Å². The van der Waals surface area contributed by atoms with Gasteiger partial charge >= 0.3 is 0 Å². The molecule has 0 aliphatic carbocycles. The first-order valence-electron chi connectivity index (χ1n) is 15.6. The molecule has 6 aromatic carbocycles. The molecule has 0 atom stereocenters. The molecule has 0 spiro atoms. The predicted molar refractivity (Wildman–Crippen MR) is 186 cm³/mol. The van der Waals surface area contributed by atoms with Crippen molar-refractivity contribution in [1.82, 2.24) is 0 Å². The summed E-state index contributed by atoms with van der Waals surface area (Å²) in [7, 11) is 0. The van der Waals surface area contributed by atoms with E-state index in [9.17, 15) is 4.79 Å². The third kappa shape index (κ3) is 6.40. The monoisotopic (exact) mass is 571 g/mol. The largest absolute Gasteiger partial charge is 0.310 e. The summed E-state index contributed by atoms with van der Waals surface area (Å²) < 4.78 is 0. The average molecular weight is 572 g/mol. The number of benzene rings is 6. The number of nitrogens with zero attached hydrogens (tertiary/aromatic N) is 1. The van der Waals surface area contributed by atoms with Crippen LogP contribution in [0.4, 0.5) is 17.1 Å². The molecule has 0 bridgehead atoms. The average Bonchev–Trinajstić information content (AvgIpc) is 3.10. The fourth-order valence-electron chi connectivity index (χ4n) is 5.85. The molecule has 0 heterocycles. The maximum atomic E-state index is 13.2. The number of hydrogen-bond donors (Lipinski definition) is 0. The molecule has 0 radical (unpaired) electrons.